The van der Waals surface area contributed by atoms with Gasteiger partial charge in [-0.2, -0.15) is 0 Å². The number of nitrogens with one attached hydrogen (secondary N) is 2. The molecule has 1 fully saturated rings. The third-order valence-electron chi connectivity index (χ3n) is 6.94. The SMILES string of the molecule is C[N+]1(C)CCC(OC(=O)Nc2ccc(CCCC(=O)Nc3ccc(CO)cn3)cc2-c2ccccc2)CC1. The van der Waals surface area contributed by atoms with E-state index < -0.39 is 6.09 Å². The van der Waals surface area contributed by atoms with Crippen molar-refractivity contribution in [2.45, 2.75) is 44.8 Å². The van der Waals surface area contributed by atoms with Crippen LogP contribution < -0.4 is 10.6 Å². The second-order valence-electron chi connectivity index (χ2n) is 10.5. The molecule has 1 saturated heterocycles. The van der Waals surface area contributed by atoms with Gasteiger partial charge in [-0.25, -0.2) is 9.78 Å². The first kappa shape index (κ1) is 27.3. The molecule has 3 N–H and O–H groups in total. The molecule has 0 aliphatic carbocycles. The van der Waals surface area contributed by atoms with Gasteiger partial charge in [-0.05, 0) is 47.7 Å². The molecular formula is C30H37N4O4+. The van der Waals surface area contributed by atoms with Gasteiger partial charge in [-0.15, -0.1) is 0 Å². The smallest absolute Gasteiger partial charge is 0.411 e. The maximum atomic E-state index is 12.7. The molecular weight excluding hydrogens is 480 g/mol. The molecule has 200 valence electrons. The molecule has 2 aromatic carbocycles. The van der Waals surface area contributed by atoms with Crippen molar-refractivity contribution in [2.75, 3.05) is 37.8 Å². The van der Waals surface area contributed by atoms with Crippen molar-refractivity contribution in [2.24, 2.45) is 0 Å². The van der Waals surface area contributed by atoms with Gasteiger partial charge in [0, 0.05) is 31.0 Å². The second-order valence-corrected chi connectivity index (χ2v) is 10.5. The van der Waals surface area contributed by atoms with Gasteiger partial charge in [0.1, 0.15) is 11.9 Å². The number of nitrogens with zero attached hydrogens (tertiary/aromatic N) is 2. The summed E-state index contributed by atoms with van der Waals surface area (Å²) in [6, 6.07) is 19.3. The van der Waals surface area contributed by atoms with Crippen molar-refractivity contribution in [1.82, 2.24) is 4.98 Å². The summed E-state index contributed by atoms with van der Waals surface area (Å²) in [7, 11) is 4.40. The van der Waals surface area contributed by atoms with E-state index >= 15 is 0 Å². The zero-order valence-corrected chi connectivity index (χ0v) is 22.2. The number of aromatic nitrogens is 1. The van der Waals surface area contributed by atoms with E-state index in [1.165, 1.54) is 0 Å². The molecule has 0 unspecified atom stereocenters. The minimum atomic E-state index is -0.426. The lowest BCUT2D eigenvalue weighted by molar-refractivity contribution is -0.896. The highest BCUT2D eigenvalue weighted by atomic mass is 16.6. The molecule has 1 aliphatic rings. The minimum absolute atomic E-state index is 0.0606. The monoisotopic (exact) mass is 517 g/mol. The van der Waals surface area contributed by atoms with E-state index in [0.29, 0.717) is 36.3 Å². The number of pyridine rings is 1. The van der Waals surface area contributed by atoms with Gasteiger partial charge in [-0.3, -0.25) is 10.1 Å². The first-order valence-corrected chi connectivity index (χ1v) is 13.1. The molecule has 0 radical (unpaired) electrons. The Balaban J connectivity index is 1.36. The number of aliphatic hydroxyl groups excluding tert-OH is 1. The van der Waals surface area contributed by atoms with Crippen LogP contribution in [0.1, 0.15) is 36.8 Å². The van der Waals surface area contributed by atoms with E-state index in [1.54, 1.807) is 18.3 Å². The first-order chi connectivity index (χ1) is 18.3. The Kier molecular flexibility index (Phi) is 9.10. The summed E-state index contributed by atoms with van der Waals surface area (Å²) in [5.74, 6) is 0.361. The number of piperidine rings is 1. The molecule has 1 aromatic heterocycles. The van der Waals surface area contributed by atoms with E-state index in [9.17, 15) is 9.59 Å². The lowest BCUT2D eigenvalue weighted by Gasteiger charge is -2.36. The Hall–Kier alpha value is -3.75. The standard InChI is InChI=1S/C30H36N4O4/c1-34(2)17-15-25(16-18-34)38-30(37)32-27-13-11-22(19-26(27)24-8-4-3-5-9-24)7-6-10-29(36)33-28-14-12-23(21-35)20-31-28/h3-5,8-9,11-14,19-20,25,35H,6-7,10,15-18,21H2,1-2H3,(H-,31,32,33,36,37)/p+1. The van der Waals surface area contributed by atoms with Crippen LogP contribution in [0.15, 0.2) is 66.9 Å². The average Bonchev–Trinajstić information content (AvgIpc) is 2.91. The van der Waals surface area contributed by atoms with Crippen LogP contribution in [0.4, 0.5) is 16.3 Å². The molecule has 0 bridgehead atoms. The van der Waals surface area contributed by atoms with E-state index in [2.05, 4.69) is 35.8 Å². The van der Waals surface area contributed by atoms with Crippen molar-refractivity contribution >= 4 is 23.5 Å². The van der Waals surface area contributed by atoms with Crippen molar-refractivity contribution in [3.8, 4) is 11.1 Å². The summed E-state index contributed by atoms with van der Waals surface area (Å²) in [4.78, 5) is 29.2. The molecule has 2 amide bonds. The molecule has 8 heteroatoms. The number of aliphatic hydroxyl groups is 1. The zero-order valence-electron chi connectivity index (χ0n) is 22.2. The lowest BCUT2D eigenvalue weighted by atomic mass is 9.98. The fourth-order valence-corrected chi connectivity index (χ4v) is 4.61. The predicted octanol–water partition coefficient (Wildman–Crippen LogP) is 4.99. The van der Waals surface area contributed by atoms with Crippen LogP contribution in [-0.2, 0) is 22.6 Å². The first-order valence-electron chi connectivity index (χ1n) is 13.1. The van der Waals surface area contributed by atoms with Crippen LogP contribution in [-0.4, -0.2) is 59.9 Å². The van der Waals surface area contributed by atoms with Crippen molar-refractivity contribution < 1.29 is 23.9 Å². The number of rotatable bonds is 9. The second kappa shape index (κ2) is 12.7. The molecule has 38 heavy (non-hydrogen) atoms. The Morgan fingerprint density at radius 1 is 1.00 bits per heavy atom. The normalized spacial score (nSPS) is 15.0. The van der Waals surface area contributed by atoms with Crippen molar-refractivity contribution in [3.63, 3.8) is 0 Å². The molecule has 3 aromatic rings. The fraction of sp³-hybridized carbons (Fsp3) is 0.367. The van der Waals surface area contributed by atoms with Crippen molar-refractivity contribution in [1.29, 1.82) is 0 Å². The molecule has 0 saturated carbocycles. The summed E-state index contributed by atoms with van der Waals surface area (Å²) in [5.41, 5.74) is 4.39. The zero-order chi connectivity index (χ0) is 27.0. The van der Waals surface area contributed by atoms with Crippen LogP contribution in [0.2, 0.25) is 0 Å². The van der Waals surface area contributed by atoms with Crippen LogP contribution in [0.3, 0.4) is 0 Å². The highest BCUT2D eigenvalue weighted by Crippen LogP contribution is 2.30. The summed E-state index contributed by atoms with van der Waals surface area (Å²) in [6.45, 7) is 1.90. The number of carbonyl (C=O) groups excluding carboxylic acids is 2. The van der Waals surface area contributed by atoms with Crippen LogP contribution in [0.5, 0.6) is 0 Å². The number of ether oxygens (including phenoxy) is 1. The van der Waals surface area contributed by atoms with E-state index in [0.717, 1.165) is 47.1 Å². The number of anilines is 2. The number of hydrogen-bond acceptors (Lipinski definition) is 5. The highest BCUT2D eigenvalue weighted by Gasteiger charge is 2.28. The summed E-state index contributed by atoms with van der Waals surface area (Å²) in [6.07, 6.45) is 4.52. The Bertz CT molecular complexity index is 1220. The fourth-order valence-electron chi connectivity index (χ4n) is 4.61. The quantitative estimate of drug-likeness (QED) is 0.347. The number of quaternary nitrogens is 1. The van der Waals surface area contributed by atoms with Gasteiger partial charge in [0.05, 0.1) is 39.5 Å². The Morgan fingerprint density at radius 2 is 1.74 bits per heavy atom. The predicted molar refractivity (Wildman–Crippen MR) is 149 cm³/mol. The van der Waals surface area contributed by atoms with E-state index in [4.69, 9.17) is 9.84 Å². The highest BCUT2D eigenvalue weighted by molar-refractivity contribution is 5.92. The maximum Gasteiger partial charge on any atom is 0.411 e. The number of carbonyl (C=O) groups is 2. The number of likely N-dealkylation sites (tertiary alicyclic amines) is 1. The molecule has 2 heterocycles. The average molecular weight is 518 g/mol. The Morgan fingerprint density at radius 3 is 2.42 bits per heavy atom. The summed E-state index contributed by atoms with van der Waals surface area (Å²) < 4.78 is 6.70. The third kappa shape index (κ3) is 7.87. The van der Waals surface area contributed by atoms with Crippen LogP contribution in [0.25, 0.3) is 11.1 Å². The number of benzene rings is 2. The summed E-state index contributed by atoms with van der Waals surface area (Å²) >= 11 is 0. The van der Waals surface area contributed by atoms with E-state index in [1.807, 2.05) is 42.5 Å². The van der Waals surface area contributed by atoms with Gasteiger partial charge < -0.3 is 19.6 Å². The molecule has 0 spiro atoms. The van der Waals surface area contributed by atoms with Gasteiger partial charge in [0.15, 0.2) is 0 Å². The largest absolute Gasteiger partial charge is 0.446 e. The van der Waals surface area contributed by atoms with Crippen LogP contribution in [0, 0.1) is 0 Å². The van der Waals surface area contributed by atoms with Gasteiger partial charge >= 0.3 is 6.09 Å². The minimum Gasteiger partial charge on any atom is -0.446 e. The van der Waals surface area contributed by atoms with Gasteiger partial charge in [0.2, 0.25) is 5.91 Å². The number of hydrogen-bond donors (Lipinski definition) is 3. The molecule has 1 aliphatic heterocycles. The third-order valence-corrected chi connectivity index (χ3v) is 6.94. The molecule has 0 atom stereocenters. The number of aryl methyl sites for hydroxylation is 1. The molecule has 8 nitrogen and oxygen atoms in total. The van der Waals surface area contributed by atoms with Crippen molar-refractivity contribution in [3.05, 3.63) is 78.0 Å². The number of amides is 2. The lowest BCUT2D eigenvalue weighted by Crippen LogP contribution is -2.48. The topological polar surface area (TPSA) is 101 Å². The van der Waals surface area contributed by atoms with Gasteiger partial charge in [-0.1, -0.05) is 42.5 Å². The maximum absolute atomic E-state index is 12.7. The van der Waals surface area contributed by atoms with Crippen LogP contribution >= 0.6 is 0 Å². The van der Waals surface area contributed by atoms with Gasteiger partial charge in [0.25, 0.3) is 0 Å². The molecule has 4 rings (SSSR count). The van der Waals surface area contributed by atoms with E-state index in [-0.39, 0.29) is 18.6 Å². The summed E-state index contributed by atoms with van der Waals surface area (Å²) in [5, 5.41) is 14.9. The Labute approximate surface area is 224 Å².